The van der Waals surface area contributed by atoms with E-state index in [1.165, 1.54) is 18.2 Å². The molecule has 0 atom stereocenters. The first kappa shape index (κ1) is 20.9. The van der Waals surface area contributed by atoms with Gasteiger partial charge in [0.1, 0.15) is 5.82 Å². The zero-order valence-corrected chi connectivity index (χ0v) is 17.2. The topological polar surface area (TPSA) is 89.0 Å². The fourth-order valence-corrected chi connectivity index (χ4v) is 3.95. The Morgan fingerprint density at radius 2 is 1.86 bits per heavy atom. The molecular formula is C20H17ClFN3O3S. The standard InChI is InChI=1S/C20H17ClFN3O3S/c1-12-7-8-15(9-13(12)2)24-19(26)18-16(21)10-23-20(25-18)29(27,28)11-14-5-3-4-6-17(14)22/h3-10H,11H2,1-2H3,(H,24,26). The van der Waals surface area contributed by atoms with Crippen LogP contribution in [-0.2, 0) is 15.6 Å². The van der Waals surface area contributed by atoms with E-state index in [1.54, 1.807) is 12.1 Å². The number of halogens is 2. The number of sulfone groups is 1. The zero-order valence-electron chi connectivity index (χ0n) is 15.6. The number of nitrogens with zero attached hydrogens (tertiary/aromatic N) is 2. The van der Waals surface area contributed by atoms with E-state index in [-0.39, 0.29) is 16.3 Å². The molecule has 0 bridgehead atoms. The number of carbonyl (C=O) groups is 1. The highest BCUT2D eigenvalue weighted by molar-refractivity contribution is 7.90. The van der Waals surface area contributed by atoms with Gasteiger partial charge in [0.15, 0.2) is 5.69 Å². The van der Waals surface area contributed by atoms with E-state index in [0.29, 0.717) is 5.69 Å². The van der Waals surface area contributed by atoms with Crippen LogP contribution < -0.4 is 5.32 Å². The highest BCUT2D eigenvalue weighted by Crippen LogP contribution is 2.21. The van der Waals surface area contributed by atoms with Crippen LogP contribution in [0.5, 0.6) is 0 Å². The van der Waals surface area contributed by atoms with Gasteiger partial charge in [-0.05, 0) is 43.2 Å². The molecule has 150 valence electrons. The first-order valence-corrected chi connectivity index (χ1v) is 10.6. The lowest BCUT2D eigenvalue weighted by molar-refractivity contribution is 0.102. The van der Waals surface area contributed by atoms with Crippen molar-refractivity contribution < 1.29 is 17.6 Å². The Kier molecular flexibility index (Phi) is 5.95. The summed E-state index contributed by atoms with van der Waals surface area (Å²) in [5, 5.41) is 1.93. The molecule has 0 aliphatic heterocycles. The summed E-state index contributed by atoms with van der Waals surface area (Å²) in [6, 6.07) is 10.8. The van der Waals surface area contributed by atoms with Crippen molar-refractivity contribution in [2.45, 2.75) is 24.8 Å². The summed E-state index contributed by atoms with van der Waals surface area (Å²) in [5.74, 6) is -1.97. The Balaban J connectivity index is 1.89. The third-order valence-electron chi connectivity index (χ3n) is 4.28. The number of carbonyl (C=O) groups excluding carboxylic acids is 1. The number of aryl methyl sites for hydroxylation is 2. The normalized spacial score (nSPS) is 11.3. The van der Waals surface area contributed by atoms with Crippen LogP contribution in [0.1, 0.15) is 27.2 Å². The smallest absolute Gasteiger partial charge is 0.275 e. The quantitative estimate of drug-likeness (QED) is 0.611. The van der Waals surface area contributed by atoms with Gasteiger partial charge in [0, 0.05) is 11.3 Å². The molecule has 6 nitrogen and oxygen atoms in total. The minimum Gasteiger partial charge on any atom is -0.321 e. The summed E-state index contributed by atoms with van der Waals surface area (Å²) in [4.78, 5) is 20.1. The number of rotatable bonds is 5. The maximum Gasteiger partial charge on any atom is 0.275 e. The van der Waals surface area contributed by atoms with Crippen molar-refractivity contribution in [3.05, 3.63) is 81.9 Å². The summed E-state index contributed by atoms with van der Waals surface area (Å²) in [5.41, 5.74) is 2.25. The van der Waals surface area contributed by atoms with Crippen molar-refractivity contribution in [1.29, 1.82) is 0 Å². The average Bonchev–Trinajstić information content (AvgIpc) is 2.66. The van der Waals surface area contributed by atoms with Crippen molar-refractivity contribution in [2.75, 3.05) is 5.32 Å². The summed E-state index contributed by atoms with van der Waals surface area (Å²) in [6.07, 6.45) is 1.04. The van der Waals surface area contributed by atoms with Crippen molar-refractivity contribution in [3.63, 3.8) is 0 Å². The van der Waals surface area contributed by atoms with E-state index >= 15 is 0 Å². The van der Waals surface area contributed by atoms with Gasteiger partial charge in [0.25, 0.3) is 5.91 Å². The van der Waals surface area contributed by atoms with Crippen LogP contribution in [-0.4, -0.2) is 24.3 Å². The van der Waals surface area contributed by atoms with E-state index < -0.39 is 32.5 Å². The predicted octanol–water partition coefficient (Wildman–Crippen LogP) is 4.11. The van der Waals surface area contributed by atoms with Crippen LogP contribution in [0, 0.1) is 19.7 Å². The van der Waals surface area contributed by atoms with Gasteiger partial charge in [-0.15, -0.1) is 0 Å². The lowest BCUT2D eigenvalue weighted by Crippen LogP contribution is -2.18. The maximum atomic E-state index is 13.8. The molecule has 1 heterocycles. The molecule has 2 aromatic carbocycles. The number of hydrogen-bond acceptors (Lipinski definition) is 5. The number of hydrogen-bond donors (Lipinski definition) is 1. The van der Waals surface area contributed by atoms with Crippen LogP contribution in [0.15, 0.2) is 53.8 Å². The Labute approximate surface area is 172 Å². The molecule has 0 radical (unpaired) electrons. The molecule has 29 heavy (non-hydrogen) atoms. The van der Waals surface area contributed by atoms with Gasteiger partial charge in [0.05, 0.1) is 17.0 Å². The van der Waals surface area contributed by atoms with Gasteiger partial charge in [-0.2, -0.15) is 0 Å². The molecule has 1 N–H and O–H groups in total. The van der Waals surface area contributed by atoms with E-state index in [1.807, 2.05) is 19.9 Å². The predicted molar refractivity (Wildman–Crippen MR) is 108 cm³/mol. The second-order valence-electron chi connectivity index (χ2n) is 6.45. The van der Waals surface area contributed by atoms with Gasteiger partial charge in [-0.25, -0.2) is 22.8 Å². The van der Waals surface area contributed by atoms with Gasteiger partial charge >= 0.3 is 0 Å². The number of nitrogens with one attached hydrogen (secondary N) is 1. The second kappa shape index (κ2) is 8.26. The Morgan fingerprint density at radius 3 is 2.55 bits per heavy atom. The Hall–Kier alpha value is -2.84. The fraction of sp³-hybridized carbons (Fsp3) is 0.150. The van der Waals surface area contributed by atoms with E-state index in [0.717, 1.165) is 23.4 Å². The average molecular weight is 434 g/mol. The highest BCUT2D eigenvalue weighted by atomic mass is 35.5. The molecular weight excluding hydrogens is 417 g/mol. The molecule has 0 aliphatic carbocycles. The SMILES string of the molecule is Cc1ccc(NC(=O)c2nc(S(=O)(=O)Cc3ccccc3F)ncc2Cl)cc1C. The van der Waals surface area contributed by atoms with Crippen LogP contribution in [0.25, 0.3) is 0 Å². The summed E-state index contributed by atoms with van der Waals surface area (Å²) in [6.45, 7) is 3.84. The lowest BCUT2D eigenvalue weighted by atomic mass is 10.1. The lowest BCUT2D eigenvalue weighted by Gasteiger charge is -2.10. The number of aromatic nitrogens is 2. The summed E-state index contributed by atoms with van der Waals surface area (Å²) in [7, 11) is -4.09. The number of anilines is 1. The summed E-state index contributed by atoms with van der Waals surface area (Å²) < 4.78 is 39.0. The molecule has 0 spiro atoms. The minimum atomic E-state index is -4.09. The molecule has 0 saturated heterocycles. The molecule has 0 saturated carbocycles. The van der Waals surface area contributed by atoms with Crippen LogP contribution in [0.2, 0.25) is 5.02 Å². The zero-order chi connectivity index (χ0) is 21.2. The largest absolute Gasteiger partial charge is 0.321 e. The molecule has 3 rings (SSSR count). The molecule has 3 aromatic rings. The minimum absolute atomic E-state index is 0.0211. The summed E-state index contributed by atoms with van der Waals surface area (Å²) >= 11 is 6.01. The number of benzene rings is 2. The van der Waals surface area contributed by atoms with Crippen molar-refractivity contribution in [3.8, 4) is 0 Å². The highest BCUT2D eigenvalue weighted by Gasteiger charge is 2.24. The van der Waals surface area contributed by atoms with Crippen LogP contribution >= 0.6 is 11.6 Å². The Morgan fingerprint density at radius 1 is 1.14 bits per heavy atom. The maximum absolute atomic E-state index is 13.8. The molecule has 0 unspecified atom stereocenters. The monoisotopic (exact) mass is 433 g/mol. The van der Waals surface area contributed by atoms with Gasteiger partial charge in [-0.1, -0.05) is 35.9 Å². The molecule has 1 amide bonds. The molecule has 9 heteroatoms. The second-order valence-corrected chi connectivity index (χ2v) is 8.74. The number of amides is 1. The fourth-order valence-electron chi connectivity index (χ4n) is 2.55. The Bertz CT molecular complexity index is 1200. The van der Waals surface area contributed by atoms with Crippen molar-refractivity contribution in [2.24, 2.45) is 0 Å². The third kappa shape index (κ3) is 4.78. The van der Waals surface area contributed by atoms with Crippen molar-refractivity contribution in [1.82, 2.24) is 9.97 Å². The van der Waals surface area contributed by atoms with E-state index in [9.17, 15) is 17.6 Å². The van der Waals surface area contributed by atoms with Gasteiger partial charge in [-0.3, -0.25) is 4.79 Å². The van der Waals surface area contributed by atoms with E-state index in [2.05, 4.69) is 15.3 Å². The first-order valence-electron chi connectivity index (χ1n) is 8.54. The molecule has 0 fully saturated rings. The van der Waals surface area contributed by atoms with Crippen molar-refractivity contribution >= 4 is 33.0 Å². The van der Waals surface area contributed by atoms with Crippen LogP contribution in [0.4, 0.5) is 10.1 Å². The van der Waals surface area contributed by atoms with Gasteiger partial charge < -0.3 is 5.32 Å². The van der Waals surface area contributed by atoms with Crippen LogP contribution in [0.3, 0.4) is 0 Å². The first-order chi connectivity index (χ1) is 13.7. The molecule has 0 aliphatic rings. The van der Waals surface area contributed by atoms with E-state index in [4.69, 9.17) is 11.6 Å². The third-order valence-corrected chi connectivity index (χ3v) is 6.00. The van der Waals surface area contributed by atoms with Gasteiger partial charge in [0.2, 0.25) is 15.0 Å². The molecule has 1 aromatic heterocycles.